The maximum Gasteiger partial charge on any atom is 0.428 e. The number of amides is 9. The van der Waals surface area contributed by atoms with Crippen LogP contribution in [-0.2, 0) is 58.4 Å². The summed E-state index contributed by atoms with van der Waals surface area (Å²) in [6, 6.07) is 12.4. The molecule has 4 heterocycles. The first-order chi connectivity index (χ1) is 51.2. The average molecular weight is 1610 g/mol. The Morgan fingerprint density at radius 3 is 1.54 bits per heavy atom. The van der Waals surface area contributed by atoms with Gasteiger partial charge in [-0.15, -0.1) is 13.2 Å². The molecule has 0 spiro atoms. The summed E-state index contributed by atoms with van der Waals surface area (Å²) in [5.41, 5.74) is 2.45. The van der Waals surface area contributed by atoms with Crippen molar-refractivity contribution in [1.82, 2.24) is 55.4 Å². The van der Waals surface area contributed by atoms with E-state index in [1.165, 1.54) is 52.3 Å². The molecule has 2 saturated heterocycles. The van der Waals surface area contributed by atoms with Gasteiger partial charge in [0.1, 0.15) is 41.0 Å². The number of carbonyl (C=O) groups is 10. The monoisotopic (exact) mass is 1600 g/mol. The molecule has 6 aliphatic carbocycles. The van der Waals surface area contributed by atoms with E-state index in [1.54, 1.807) is 51.1 Å². The highest BCUT2D eigenvalue weighted by Crippen LogP contribution is 2.47. The molecule has 13 rings (SSSR count). The molecule has 2 aliphatic heterocycles. The highest BCUT2D eigenvalue weighted by atomic mass is 35.5. The van der Waals surface area contributed by atoms with Crippen LogP contribution in [0.2, 0.25) is 0 Å². The molecule has 0 bridgehead atoms. The van der Waals surface area contributed by atoms with Crippen LogP contribution < -0.4 is 58.0 Å². The third kappa shape index (κ3) is 21.3. The van der Waals surface area contributed by atoms with Crippen LogP contribution in [0.4, 0.5) is 15.3 Å². The van der Waals surface area contributed by atoms with Gasteiger partial charge in [-0.05, 0) is 136 Å². The number of fused-ring (bicyclic) bond motifs is 2. The molecule has 2 aromatic heterocycles. The summed E-state index contributed by atoms with van der Waals surface area (Å²) in [4.78, 5) is 169. The number of hydrogen-bond acceptors (Lipinski definition) is 22. The van der Waals surface area contributed by atoms with Crippen molar-refractivity contribution in [3.8, 4) is 5.75 Å². The number of hydrogen-bond donors (Lipinski definition) is 9. The lowest BCUT2D eigenvalue weighted by molar-refractivity contribution is -0.384. The number of para-hydroxylation sites is 4. The molecule has 37 heteroatoms. The second-order valence-electron chi connectivity index (χ2n) is 31.1. The molecular formula is C74H98ClN13O21S2. The van der Waals surface area contributed by atoms with Crippen molar-refractivity contribution in [1.29, 1.82) is 0 Å². The number of oxazole rings is 2. The highest BCUT2D eigenvalue weighted by Gasteiger charge is 2.64. The first kappa shape index (κ1) is 86.5. The van der Waals surface area contributed by atoms with Crippen molar-refractivity contribution in [2.45, 2.75) is 204 Å². The maximum atomic E-state index is 14.3. The zero-order valence-corrected chi connectivity index (χ0v) is 63.3. The van der Waals surface area contributed by atoms with Gasteiger partial charge in [-0.25, -0.2) is 36.0 Å². The van der Waals surface area contributed by atoms with E-state index in [2.05, 4.69) is 58.9 Å². The minimum absolute atomic E-state index is 0. The molecule has 8 aliphatic rings. The smallest absolute Gasteiger partial charge is 0.414 e. The number of nitro benzene ring substituents is 1. The molecule has 604 valence electrons. The summed E-state index contributed by atoms with van der Waals surface area (Å²) in [6.45, 7) is 18.3. The zero-order valence-electron chi connectivity index (χ0n) is 60.9. The number of halogens is 1. The van der Waals surface area contributed by atoms with Gasteiger partial charge in [-0.1, -0.05) is 92.8 Å². The quantitative estimate of drug-likeness (QED) is 0.0162. The third-order valence-electron chi connectivity index (χ3n) is 20.1. The predicted octanol–water partition coefficient (Wildman–Crippen LogP) is 5.76. The fourth-order valence-electron chi connectivity index (χ4n) is 13.1. The van der Waals surface area contributed by atoms with Crippen molar-refractivity contribution in [3.63, 3.8) is 0 Å². The summed E-state index contributed by atoms with van der Waals surface area (Å²) in [5.74, 6) is -5.96. The molecule has 0 radical (unpaired) electrons. The number of benzene rings is 3. The summed E-state index contributed by atoms with van der Waals surface area (Å²) in [5, 5.41) is 22.9. The number of likely N-dealkylation sites (tertiary alicyclic amines) is 2. The molecule has 5 aromatic rings. The Bertz CT molecular complexity index is 4740. The number of nitro groups is 1. The number of nitrogens with one attached hydrogen (secondary N) is 8. The fraction of sp³-hybridized carbons (Fsp3) is 0.541. The van der Waals surface area contributed by atoms with Crippen LogP contribution in [0.5, 0.6) is 5.75 Å². The van der Waals surface area contributed by atoms with Gasteiger partial charge >= 0.3 is 23.0 Å². The third-order valence-corrected chi connectivity index (χ3v) is 23.8. The molecule has 111 heavy (non-hydrogen) atoms. The summed E-state index contributed by atoms with van der Waals surface area (Å²) < 4.78 is 69.4. The number of non-ortho nitro benzene ring substituents is 1. The second-order valence-corrected chi connectivity index (χ2v) is 35.3. The number of ether oxygens (including phenoxy) is 1. The molecule has 8 fully saturated rings. The van der Waals surface area contributed by atoms with E-state index >= 15 is 0 Å². The lowest BCUT2D eigenvalue weighted by Crippen LogP contribution is -2.60. The molecule has 10 atom stereocenters. The Kier molecular flexibility index (Phi) is 26.7. The number of nitrogens with two attached hydrogens (primary N) is 1. The number of carbonyl (C=O) groups excluding carboxylic acids is 10. The number of H-pyrrole nitrogens is 1. The first-order valence-electron chi connectivity index (χ1n) is 35.7. The molecule has 34 nitrogen and oxygen atoms in total. The standard InChI is InChI=1S/C33H42N6O9S.C25H39N5O6S.C7H4ClNO4.C7H5NO2.2CH4/c1-5-19-16-33(19,29(43)37-49(46,47)21-12-13-21)36-27(41)23-15-20(34-30(44)39-22-8-6-7-9-24(22)48-31(39)45)17-38(23)28(42)26(32(2,3)4)35-25(40)14-18-10-11-18;1-5-15-12-25(15,23(34)29-37(35,36)17-8-9-17)28-21(32)18-11-16(26)13-30(18)22(33)20(24(2,3)4)27-19(31)10-14-6-7-14;8-7(10)13-6-3-1-5(2-4-6)9(11)12;9-7-8-5-3-1-2-4-6(5)10-7;;/h5-9,18-21,23,26H,1,10-17H2,2-4H3,(H,34,44)(H,35,40)(H,36,41)(H,37,43);5,14-18,20H,1,6-13,26H2,2-4H3,(H,27,31)(H,28,32)(H,29,34);1-4H;1-4H,(H,8,9);2*1H4/t19?,20-,23+,26-,33?;15?,16-,18+,20-,25?;;;;/m11..../s1. The SMILES string of the molecule is C.C.C=CC1CC1(NC(=O)[C@@H]1C[C@@H](N)CN1C(=O)[C@@H](NC(=O)CC1CC1)C(C)(C)C)C(=O)NS(=O)(=O)C1CC1.C=CC1CC1(NC(=O)[C@@H]1C[C@@H](NC(=O)n2c(=O)oc3ccccc32)CN1C(=O)[C@@H](NC(=O)CC1CC1)C(C)(C)C)C(=O)NS(=O)(=O)C1CC1.O=C(Cl)Oc1ccc([N+](=O)[O-])cc1.O=c1[nH]c2ccccc2o1. The van der Waals surface area contributed by atoms with Crippen molar-refractivity contribution in [2.24, 2.45) is 40.2 Å². The van der Waals surface area contributed by atoms with E-state index in [0.717, 1.165) is 35.8 Å². The Morgan fingerprint density at radius 1 is 0.667 bits per heavy atom. The molecule has 4 unspecified atom stereocenters. The van der Waals surface area contributed by atoms with E-state index in [1.807, 2.05) is 32.9 Å². The Balaban J connectivity index is 0.000000217. The van der Waals surface area contributed by atoms with Crippen LogP contribution in [0.1, 0.15) is 146 Å². The highest BCUT2D eigenvalue weighted by molar-refractivity contribution is 7.91. The van der Waals surface area contributed by atoms with Gasteiger partial charge in [0.2, 0.25) is 55.5 Å². The minimum atomic E-state index is -3.92. The van der Waals surface area contributed by atoms with E-state index < -0.39 is 164 Å². The van der Waals surface area contributed by atoms with Crippen molar-refractivity contribution in [3.05, 3.63) is 129 Å². The van der Waals surface area contributed by atoms with Crippen LogP contribution in [-0.4, -0.2) is 171 Å². The van der Waals surface area contributed by atoms with Gasteiger partial charge in [0, 0.05) is 67.5 Å². The topological polar surface area (TPSA) is 489 Å². The van der Waals surface area contributed by atoms with Crippen molar-refractivity contribution >= 4 is 118 Å². The number of aromatic nitrogens is 2. The maximum absolute atomic E-state index is 14.3. The zero-order chi connectivity index (χ0) is 79.6. The first-order valence-corrected chi connectivity index (χ1v) is 39.2. The van der Waals surface area contributed by atoms with Gasteiger partial charge in [-0.3, -0.25) is 62.9 Å². The van der Waals surface area contributed by atoms with Crippen LogP contribution in [0.3, 0.4) is 0 Å². The molecule has 6 saturated carbocycles. The Hall–Kier alpha value is -10.1. The van der Waals surface area contributed by atoms with Gasteiger partial charge in [0.15, 0.2) is 11.2 Å². The summed E-state index contributed by atoms with van der Waals surface area (Å²) in [7, 11) is -7.72. The van der Waals surface area contributed by atoms with E-state index in [4.69, 9.17) is 26.2 Å². The van der Waals surface area contributed by atoms with Crippen LogP contribution in [0, 0.1) is 44.6 Å². The van der Waals surface area contributed by atoms with Crippen LogP contribution >= 0.6 is 11.6 Å². The van der Waals surface area contributed by atoms with E-state index in [0.29, 0.717) is 43.6 Å². The molecule has 10 N–H and O–H groups in total. The Labute approximate surface area is 646 Å². The largest absolute Gasteiger partial charge is 0.428 e. The Morgan fingerprint density at radius 2 is 1.12 bits per heavy atom. The summed E-state index contributed by atoms with van der Waals surface area (Å²) >= 11 is 4.92. The molecule has 9 amide bonds. The van der Waals surface area contributed by atoms with E-state index in [-0.39, 0.29) is 100 Å². The molecule has 3 aromatic carbocycles. The van der Waals surface area contributed by atoms with Crippen LogP contribution in [0.15, 0.2) is 117 Å². The van der Waals surface area contributed by atoms with Gasteiger partial charge < -0.3 is 55.7 Å². The second kappa shape index (κ2) is 34.3. The van der Waals surface area contributed by atoms with Gasteiger partial charge in [-0.2, -0.15) is 4.57 Å². The predicted molar refractivity (Wildman–Crippen MR) is 408 cm³/mol. The average Bonchev–Trinajstić information content (AvgIpc) is 1.58. The molecular weight excluding hydrogens is 1510 g/mol. The minimum Gasteiger partial charge on any atom is -0.414 e. The number of sulfonamides is 2. The number of rotatable bonds is 23. The fourth-order valence-corrected chi connectivity index (χ4v) is 15.9. The van der Waals surface area contributed by atoms with Crippen LogP contribution in [0.25, 0.3) is 22.2 Å². The van der Waals surface area contributed by atoms with Crippen molar-refractivity contribution in [2.75, 3.05) is 13.1 Å². The van der Waals surface area contributed by atoms with E-state index in [9.17, 15) is 84.5 Å². The number of aromatic amines is 1. The van der Waals surface area contributed by atoms with Gasteiger partial charge in [0.25, 0.3) is 17.5 Å². The van der Waals surface area contributed by atoms with Gasteiger partial charge in [0.05, 0.1) is 32.5 Å². The lowest BCUT2D eigenvalue weighted by Gasteiger charge is -2.35. The normalized spacial score (nSPS) is 23.5. The van der Waals surface area contributed by atoms with Crippen molar-refractivity contribution < 1.29 is 83.3 Å². The summed E-state index contributed by atoms with van der Waals surface area (Å²) in [6.07, 6.45) is 9.78. The number of nitrogens with zero attached hydrogens (tertiary/aromatic N) is 4. The lowest BCUT2D eigenvalue weighted by atomic mass is 9.85.